The summed E-state index contributed by atoms with van der Waals surface area (Å²) in [7, 11) is -1.76. The van der Waals surface area contributed by atoms with Gasteiger partial charge in [-0.15, -0.1) is 0 Å². The van der Waals surface area contributed by atoms with E-state index < -0.39 is 16.0 Å². The van der Waals surface area contributed by atoms with Crippen LogP contribution in [0.5, 0.6) is 5.75 Å². The molecule has 0 aromatic heterocycles. The van der Waals surface area contributed by atoms with Gasteiger partial charge in [0.05, 0.1) is 19.1 Å². The summed E-state index contributed by atoms with van der Waals surface area (Å²) in [5.74, 6) is -0.0101. The Balaban J connectivity index is 1.55. The molecule has 0 spiro atoms. The number of hydrogen-bond acceptors (Lipinski definition) is 6. The average molecular weight is 432 g/mol. The van der Waals surface area contributed by atoms with Gasteiger partial charge in [0.2, 0.25) is 10.0 Å². The number of anilines is 1. The Kier molecular flexibility index (Phi) is 6.77. The summed E-state index contributed by atoms with van der Waals surface area (Å²) in [6, 6.07) is 12.3. The monoisotopic (exact) mass is 431 g/mol. The van der Waals surface area contributed by atoms with Crippen LogP contribution in [-0.4, -0.2) is 46.7 Å². The summed E-state index contributed by atoms with van der Waals surface area (Å²) >= 11 is 0. The van der Waals surface area contributed by atoms with E-state index in [1.165, 1.54) is 10.6 Å². The van der Waals surface area contributed by atoms with Crippen LogP contribution in [0.4, 0.5) is 5.69 Å². The van der Waals surface area contributed by atoms with E-state index in [2.05, 4.69) is 0 Å². The second kappa shape index (κ2) is 9.30. The molecule has 0 bridgehead atoms. The van der Waals surface area contributed by atoms with Gasteiger partial charge in [0, 0.05) is 18.5 Å². The fourth-order valence-corrected chi connectivity index (χ4v) is 4.42. The molecule has 30 heavy (non-hydrogen) atoms. The molecular formula is C22H25NO6S. The molecule has 3 rings (SSSR count). The van der Waals surface area contributed by atoms with Crippen molar-refractivity contribution in [3.05, 3.63) is 59.2 Å². The molecule has 0 radical (unpaired) electrons. The minimum Gasteiger partial charge on any atom is -0.497 e. The van der Waals surface area contributed by atoms with Crippen molar-refractivity contribution in [2.75, 3.05) is 30.8 Å². The summed E-state index contributed by atoms with van der Waals surface area (Å²) in [5, 5.41) is 0. The van der Waals surface area contributed by atoms with E-state index in [1.807, 2.05) is 24.3 Å². The molecule has 2 aromatic rings. The number of ketones is 1. The molecule has 1 aliphatic rings. The third-order valence-electron chi connectivity index (χ3n) is 5.02. The lowest BCUT2D eigenvalue weighted by atomic mass is 9.99. The first-order valence-corrected chi connectivity index (χ1v) is 11.5. The Hall–Kier alpha value is -2.87. The minimum absolute atomic E-state index is 0.174. The predicted molar refractivity (Wildman–Crippen MR) is 114 cm³/mol. The normalized spacial score (nSPS) is 13.5. The van der Waals surface area contributed by atoms with Crippen molar-refractivity contribution in [1.82, 2.24) is 0 Å². The summed E-state index contributed by atoms with van der Waals surface area (Å²) in [5.41, 5.74) is 2.80. The van der Waals surface area contributed by atoms with Gasteiger partial charge in [0.1, 0.15) is 5.75 Å². The molecule has 8 heteroatoms. The highest BCUT2D eigenvalue weighted by atomic mass is 32.2. The van der Waals surface area contributed by atoms with E-state index in [0.29, 0.717) is 37.1 Å². The van der Waals surface area contributed by atoms with Gasteiger partial charge in [-0.1, -0.05) is 12.1 Å². The van der Waals surface area contributed by atoms with Crippen molar-refractivity contribution >= 4 is 27.5 Å². The predicted octanol–water partition coefficient (Wildman–Crippen LogP) is 2.77. The quantitative estimate of drug-likeness (QED) is 0.472. The molecule has 160 valence electrons. The lowest BCUT2D eigenvalue weighted by Crippen LogP contribution is -2.34. The van der Waals surface area contributed by atoms with E-state index in [4.69, 9.17) is 9.47 Å². The Morgan fingerprint density at radius 1 is 1.10 bits per heavy atom. The molecule has 0 unspecified atom stereocenters. The fraction of sp³-hybridized carbons (Fsp3) is 0.364. The Bertz CT molecular complexity index is 1030. The summed E-state index contributed by atoms with van der Waals surface area (Å²) < 4.78 is 35.5. The van der Waals surface area contributed by atoms with Gasteiger partial charge in [0.15, 0.2) is 12.4 Å². The minimum atomic E-state index is -3.36. The molecule has 0 saturated carbocycles. The van der Waals surface area contributed by atoms with E-state index >= 15 is 0 Å². The number of Topliss-reactive ketones (excluding diaryl/α,β-unsaturated/α-hetero) is 1. The number of hydrogen-bond donors (Lipinski definition) is 0. The van der Waals surface area contributed by atoms with Gasteiger partial charge in [-0.05, 0) is 60.7 Å². The first-order chi connectivity index (χ1) is 14.3. The molecule has 1 aliphatic heterocycles. The van der Waals surface area contributed by atoms with Crippen LogP contribution < -0.4 is 9.04 Å². The van der Waals surface area contributed by atoms with Gasteiger partial charge in [-0.25, -0.2) is 8.42 Å². The Morgan fingerprint density at radius 2 is 1.83 bits per heavy atom. The lowest BCUT2D eigenvalue weighted by Gasteiger charge is -2.29. The number of carbonyl (C=O) groups is 2. The first-order valence-electron chi connectivity index (χ1n) is 9.70. The Labute approximate surface area is 176 Å². The van der Waals surface area contributed by atoms with Crippen LogP contribution in [0.1, 0.15) is 34.3 Å². The fourth-order valence-electron chi connectivity index (χ4n) is 3.42. The zero-order valence-electron chi connectivity index (χ0n) is 17.1. The smallest absolute Gasteiger partial charge is 0.306 e. The average Bonchev–Trinajstić information content (AvgIpc) is 2.74. The number of methoxy groups -OCH3 is 1. The molecule has 0 saturated heterocycles. The molecular weight excluding hydrogens is 406 g/mol. The molecule has 7 nitrogen and oxygen atoms in total. The highest BCUT2D eigenvalue weighted by Gasteiger charge is 2.24. The first kappa shape index (κ1) is 21.8. The maximum atomic E-state index is 12.4. The number of fused-ring (bicyclic) bond motifs is 1. The molecule has 0 atom stereocenters. The van der Waals surface area contributed by atoms with E-state index in [9.17, 15) is 18.0 Å². The SMILES string of the molecule is COc1ccc(CCC(=O)OCC(=O)c2ccc3c(c2)CCCN3S(C)(=O)=O)cc1. The van der Waals surface area contributed by atoms with Crippen molar-refractivity contribution in [3.63, 3.8) is 0 Å². The number of ether oxygens (including phenoxy) is 2. The number of aryl methyl sites for hydroxylation is 2. The van der Waals surface area contributed by atoms with E-state index in [0.717, 1.165) is 16.9 Å². The van der Waals surface area contributed by atoms with Crippen LogP contribution in [0.25, 0.3) is 0 Å². The maximum Gasteiger partial charge on any atom is 0.306 e. The van der Waals surface area contributed by atoms with Crippen molar-refractivity contribution < 1.29 is 27.5 Å². The van der Waals surface area contributed by atoms with Gasteiger partial charge in [-0.3, -0.25) is 13.9 Å². The van der Waals surface area contributed by atoms with Gasteiger partial charge >= 0.3 is 5.97 Å². The topological polar surface area (TPSA) is 90.0 Å². The van der Waals surface area contributed by atoms with Crippen molar-refractivity contribution in [2.24, 2.45) is 0 Å². The number of esters is 1. The van der Waals surface area contributed by atoms with Crippen molar-refractivity contribution in [2.45, 2.75) is 25.7 Å². The molecule has 0 fully saturated rings. The van der Waals surface area contributed by atoms with Crippen LogP contribution in [-0.2, 0) is 32.4 Å². The number of rotatable bonds is 8. The van der Waals surface area contributed by atoms with Crippen LogP contribution in [0.2, 0.25) is 0 Å². The molecule has 2 aromatic carbocycles. The molecule has 0 amide bonds. The summed E-state index contributed by atoms with van der Waals surface area (Å²) in [6.45, 7) is 0.0982. The van der Waals surface area contributed by atoms with E-state index in [-0.39, 0.29) is 18.8 Å². The number of carbonyl (C=O) groups excluding carboxylic acids is 2. The number of benzene rings is 2. The maximum absolute atomic E-state index is 12.4. The summed E-state index contributed by atoms with van der Waals surface area (Å²) in [6.07, 6.45) is 3.25. The highest BCUT2D eigenvalue weighted by molar-refractivity contribution is 7.92. The third-order valence-corrected chi connectivity index (χ3v) is 6.20. The van der Waals surface area contributed by atoms with Gasteiger partial charge < -0.3 is 9.47 Å². The zero-order valence-corrected chi connectivity index (χ0v) is 17.9. The van der Waals surface area contributed by atoms with Crippen LogP contribution in [0, 0.1) is 0 Å². The second-order valence-electron chi connectivity index (χ2n) is 7.21. The third kappa shape index (κ3) is 5.38. The van der Waals surface area contributed by atoms with Crippen molar-refractivity contribution in [3.8, 4) is 5.75 Å². The van der Waals surface area contributed by atoms with Crippen LogP contribution in [0.3, 0.4) is 0 Å². The van der Waals surface area contributed by atoms with Gasteiger partial charge in [0.25, 0.3) is 0 Å². The molecule has 1 heterocycles. The lowest BCUT2D eigenvalue weighted by molar-refractivity contribution is -0.142. The zero-order chi connectivity index (χ0) is 21.7. The number of nitrogens with zero attached hydrogens (tertiary/aromatic N) is 1. The van der Waals surface area contributed by atoms with Crippen molar-refractivity contribution in [1.29, 1.82) is 0 Å². The molecule has 0 N–H and O–H groups in total. The number of sulfonamides is 1. The highest BCUT2D eigenvalue weighted by Crippen LogP contribution is 2.30. The standard InChI is InChI=1S/C22H25NO6S/c1-28-19-9-5-16(6-10-19)7-12-22(25)29-15-21(24)18-8-11-20-17(14-18)4-3-13-23(20)30(2,26)27/h5-6,8-11,14H,3-4,7,12-13,15H2,1-2H3. The second-order valence-corrected chi connectivity index (χ2v) is 9.12. The van der Waals surface area contributed by atoms with Crippen LogP contribution in [0.15, 0.2) is 42.5 Å². The van der Waals surface area contributed by atoms with E-state index in [1.54, 1.807) is 25.3 Å². The van der Waals surface area contributed by atoms with Gasteiger partial charge in [-0.2, -0.15) is 0 Å². The Morgan fingerprint density at radius 3 is 2.50 bits per heavy atom. The largest absolute Gasteiger partial charge is 0.497 e. The van der Waals surface area contributed by atoms with Crippen LogP contribution >= 0.6 is 0 Å². The molecule has 0 aliphatic carbocycles. The summed E-state index contributed by atoms with van der Waals surface area (Å²) in [4.78, 5) is 24.4.